The molecule has 8 nitrogen and oxygen atoms in total. The van der Waals surface area contributed by atoms with Crippen molar-refractivity contribution in [2.45, 2.75) is 30.6 Å². The summed E-state index contributed by atoms with van der Waals surface area (Å²) in [5.41, 5.74) is 1.40. The van der Waals surface area contributed by atoms with Crippen LogP contribution in [0.4, 0.5) is 0 Å². The first-order valence-electron chi connectivity index (χ1n) is 10.7. The highest BCUT2D eigenvalue weighted by Crippen LogP contribution is 2.30. The maximum atomic E-state index is 13.0. The number of hydrogen-bond donors (Lipinski definition) is 0. The standard InChI is InChI=1S/C24H27N3O5S/c1-29-17-8-6-16(7-9-17)23-25-26-24(27(23)14-19-5-4-12-32-19)33-15-21(28)20-13-18(30-2)10-11-22(20)31-3/h6-11,13,19H,4-5,12,14-15H2,1-3H3. The second-order valence-corrected chi connectivity index (χ2v) is 8.50. The third kappa shape index (κ3) is 5.31. The Labute approximate surface area is 197 Å². The zero-order valence-corrected chi connectivity index (χ0v) is 19.8. The molecule has 33 heavy (non-hydrogen) atoms. The number of aromatic nitrogens is 3. The number of thioether (sulfide) groups is 1. The van der Waals surface area contributed by atoms with Gasteiger partial charge in [-0.3, -0.25) is 9.36 Å². The number of ether oxygens (including phenoxy) is 4. The van der Waals surface area contributed by atoms with Crippen LogP contribution >= 0.6 is 11.8 Å². The van der Waals surface area contributed by atoms with Gasteiger partial charge in [0.2, 0.25) is 0 Å². The van der Waals surface area contributed by atoms with Crippen LogP contribution in [0.1, 0.15) is 23.2 Å². The lowest BCUT2D eigenvalue weighted by atomic mass is 10.1. The highest BCUT2D eigenvalue weighted by atomic mass is 32.2. The Morgan fingerprint density at radius 2 is 1.82 bits per heavy atom. The van der Waals surface area contributed by atoms with E-state index in [1.54, 1.807) is 39.5 Å². The number of ketones is 1. The van der Waals surface area contributed by atoms with Crippen LogP contribution in [0.3, 0.4) is 0 Å². The average Bonchev–Trinajstić information content (AvgIpc) is 3.52. The molecule has 1 unspecified atom stereocenters. The lowest BCUT2D eigenvalue weighted by Gasteiger charge is -2.15. The van der Waals surface area contributed by atoms with Crippen molar-refractivity contribution >= 4 is 17.5 Å². The van der Waals surface area contributed by atoms with Gasteiger partial charge in [0, 0.05) is 12.2 Å². The molecule has 0 aliphatic carbocycles. The van der Waals surface area contributed by atoms with Crippen molar-refractivity contribution in [3.8, 4) is 28.6 Å². The Morgan fingerprint density at radius 3 is 2.48 bits per heavy atom. The predicted molar refractivity (Wildman–Crippen MR) is 126 cm³/mol. The van der Waals surface area contributed by atoms with Gasteiger partial charge in [0.15, 0.2) is 16.8 Å². The first-order chi connectivity index (χ1) is 16.1. The monoisotopic (exact) mass is 469 g/mol. The molecule has 3 aromatic rings. The van der Waals surface area contributed by atoms with E-state index in [9.17, 15) is 4.79 Å². The molecule has 0 amide bonds. The minimum Gasteiger partial charge on any atom is -0.497 e. The van der Waals surface area contributed by atoms with Crippen molar-refractivity contribution in [1.82, 2.24) is 14.8 Å². The van der Waals surface area contributed by atoms with Crippen molar-refractivity contribution in [3.05, 3.63) is 48.0 Å². The molecule has 1 aliphatic heterocycles. The summed E-state index contributed by atoms with van der Waals surface area (Å²) in [7, 11) is 4.75. The van der Waals surface area contributed by atoms with Gasteiger partial charge in [0.1, 0.15) is 17.2 Å². The molecule has 0 spiro atoms. The van der Waals surface area contributed by atoms with E-state index in [4.69, 9.17) is 18.9 Å². The summed E-state index contributed by atoms with van der Waals surface area (Å²) >= 11 is 1.35. The zero-order valence-electron chi connectivity index (χ0n) is 18.9. The number of benzene rings is 2. The van der Waals surface area contributed by atoms with E-state index < -0.39 is 0 Å². The van der Waals surface area contributed by atoms with Crippen molar-refractivity contribution in [2.75, 3.05) is 33.7 Å². The first kappa shape index (κ1) is 23.1. The molecule has 9 heteroatoms. The van der Waals surface area contributed by atoms with Gasteiger partial charge < -0.3 is 18.9 Å². The van der Waals surface area contributed by atoms with Gasteiger partial charge in [0.25, 0.3) is 0 Å². The Morgan fingerprint density at radius 1 is 1.06 bits per heavy atom. The van der Waals surface area contributed by atoms with Gasteiger partial charge in [-0.2, -0.15) is 0 Å². The summed E-state index contributed by atoms with van der Waals surface area (Å²) < 4.78 is 23.8. The van der Waals surface area contributed by atoms with Gasteiger partial charge in [-0.15, -0.1) is 10.2 Å². The maximum absolute atomic E-state index is 13.0. The van der Waals surface area contributed by atoms with Gasteiger partial charge >= 0.3 is 0 Å². The molecule has 1 aromatic heterocycles. The van der Waals surface area contributed by atoms with E-state index in [2.05, 4.69) is 10.2 Å². The van der Waals surface area contributed by atoms with Crippen LogP contribution in [0.5, 0.6) is 17.2 Å². The van der Waals surface area contributed by atoms with Crippen LogP contribution in [0, 0.1) is 0 Å². The fraction of sp³-hybridized carbons (Fsp3) is 0.375. The molecule has 4 rings (SSSR count). The minimum atomic E-state index is -0.0755. The molecule has 0 saturated carbocycles. The van der Waals surface area contributed by atoms with E-state index >= 15 is 0 Å². The Kier molecular flexibility index (Phi) is 7.51. The topological polar surface area (TPSA) is 84.7 Å². The first-order valence-corrected chi connectivity index (χ1v) is 11.7. The summed E-state index contributed by atoms with van der Waals surface area (Å²) in [6, 6.07) is 12.9. The van der Waals surface area contributed by atoms with Gasteiger partial charge in [-0.25, -0.2) is 0 Å². The molecule has 0 radical (unpaired) electrons. The number of carbonyl (C=O) groups excluding carboxylic acids is 1. The highest BCUT2D eigenvalue weighted by molar-refractivity contribution is 7.99. The summed E-state index contributed by atoms with van der Waals surface area (Å²) in [5.74, 6) is 2.75. The molecule has 1 fully saturated rings. The van der Waals surface area contributed by atoms with Crippen molar-refractivity contribution < 1.29 is 23.7 Å². The lowest BCUT2D eigenvalue weighted by Crippen LogP contribution is -2.17. The summed E-state index contributed by atoms with van der Waals surface area (Å²) in [4.78, 5) is 13.0. The highest BCUT2D eigenvalue weighted by Gasteiger charge is 2.23. The van der Waals surface area contributed by atoms with Crippen LogP contribution in [0.15, 0.2) is 47.6 Å². The maximum Gasteiger partial charge on any atom is 0.192 e. The predicted octanol–water partition coefficient (Wildman–Crippen LogP) is 4.12. The summed E-state index contributed by atoms with van der Waals surface area (Å²) in [6.45, 7) is 1.40. The third-order valence-corrected chi connectivity index (χ3v) is 6.48. The molecule has 1 atom stereocenters. The largest absolute Gasteiger partial charge is 0.497 e. The molecular weight excluding hydrogens is 442 g/mol. The smallest absolute Gasteiger partial charge is 0.192 e. The molecular formula is C24H27N3O5S. The van der Waals surface area contributed by atoms with Crippen LogP contribution < -0.4 is 14.2 Å². The van der Waals surface area contributed by atoms with E-state index in [0.29, 0.717) is 28.8 Å². The van der Waals surface area contributed by atoms with Crippen molar-refractivity contribution in [1.29, 1.82) is 0 Å². The number of rotatable bonds is 10. The number of carbonyl (C=O) groups is 1. The van der Waals surface area contributed by atoms with E-state index in [1.165, 1.54) is 11.8 Å². The van der Waals surface area contributed by atoms with Crippen LogP contribution in [-0.4, -0.2) is 60.3 Å². The van der Waals surface area contributed by atoms with Crippen LogP contribution in [0.2, 0.25) is 0 Å². The quantitative estimate of drug-likeness (QED) is 0.324. The van der Waals surface area contributed by atoms with E-state index in [-0.39, 0.29) is 17.6 Å². The molecule has 1 aliphatic rings. The second-order valence-electron chi connectivity index (χ2n) is 7.56. The molecule has 2 aromatic carbocycles. The molecule has 0 N–H and O–H groups in total. The molecule has 2 heterocycles. The average molecular weight is 470 g/mol. The number of nitrogens with zero attached hydrogens (tertiary/aromatic N) is 3. The fourth-order valence-corrected chi connectivity index (χ4v) is 4.58. The van der Waals surface area contributed by atoms with E-state index in [0.717, 1.165) is 36.6 Å². The number of Topliss-reactive ketones (excluding diaryl/α,β-unsaturated/α-hetero) is 1. The Bertz CT molecular complexity index is 1090. The third-order valence-electron chi connectivity index (χ3n) is 5.51. The van der Waals surface area contributed by atoms with E-state index in [1.807, 2.05) is 28.8 Å². The number of hydrogen-bond acceptors (Lipinski definition) is 8. The van der Waals surface area contributed by atoms with Gasteiger partial charge in [0.05, 0.1) is 45.3 Å². The number of methoxy groups -OCH3 is 3. The Balaban J connectivity index is 1.58. The van der Waals surface area contributed by atoms with Crippen molar-refractivity contribution in [2.24, 2.45) is 0 Å². The molecule has 0 bridgehead atoms. The van der Waals surface area contributed by atoms with Crippen LogP contribution in [-0.2, 0) is 11.3 Å². The summed E-state index contributed by atoms with van der Waals surface area (Å²) in [5, 5.41) is 9.51. The van der Waals surface area contributed by atoms with Crippen LogP contribution in [0.25, 0.3) is 11.4 Å². The molecule has 1 saturated heterocycles. The zero-order chi connectivity index (χ0) is 23.2. The lowest BCUT2D eigenvalue weighted by molar-refractivity contribution is 0.0953. The minimum absolute atomic E-state index is 0.0755. The Hall–Kier alpha value is -3.04. The normalized spacial score (nSPS) is 15.4. The SMILES string of the molecule is COc1ccc(-c2nnc(SCC(=O)c3cc(OC)ccc3OC)n2CC2CCCO2)cc1. The van der Waals surface area contributed by atoms with Gasteiger partial charge in [-0.1, -0.05) is 11.8 Å². The van der Waals surface area contributed by atoms with Gasteiger partial charge in [-0.05, 0) is 55.3 Å². The second kappa shape index (κ2) is 10.7. The fourth-order valence-electron chi connectivity index (χ4n) is 3.75. The molecule has 174 valence electrons. The summed E-state index contributed by atoms with van der Waals surface area (Å²) in [6.07, 6.45) is 2.14. The van der Waals surface area contributed by atoms with Crippen molar-refractivity contribution in [3.63, 3.8) is 0 Å².